The van der Waals surface area contributed by atoms with Gasteiger partial charge in [-0.3, -0.25) is 4.79 Å². The standard InChI is InChI=1S/C21H21N3O3S2/c1-11-12(2)29-21-18(11)20(23-19(24-21)14-4-5-14)28-9-17(25)22-8-13-3-6-15-16(7-13)27-10-26-15/h3,6-7,14H,4-5,8-10H2,1-2H3,(H,22,25). The predicted octanol–water partition coefficient (Wildman–Crippen LogP) is 4.32. The summed E-state index contributed by atoms with van der Waals surface area (Å²) in [7, 11) is 0. The summed E-state index contributed by atoms with van der Waals surface area (Å²) in [5, 5.41) is 5.01. The second kappa shape index (κ2) is 7.50. The van der Waals surface area contributed by atoms with Crippen LogP contribution in [0.15, 0.2) is 23.2 Å². The summed E-state index contributed by atoms with van der Waals surface area (Å²) in [5.74, 6) is 3.21. The molecule has 2 aliphatic rings. The fraction of sp³-hybridized carbons (Fsp3) is 0.381. The summed E-state index contributed by atoms with van der Waals surface area (Å²) in [6.45, 7) is 4.93. The summed E-state index contributed by atoms with van der Waals surface area (Å²) in [6.07, 6.45) is 2.32. The molecule has 0 atom stereocenters. The summed E-state index contributed by atoms with van der Waals surface area (Å²) in [4.78, 5) is 24.4. The van der Waals surface area contributed by atoms with E-state index in [2.05, 4.69) is 19.2 Å². The van der Waals surface area contributed by atoms with Crippen LogP contribution in [-0.2, 0) is 11.3 Å². The van der Waals surface area contributed by atoms with Gasteiger partial charge in [-0.1, -0.05) is 17.8 Å². The average molecular weight is 428 g/mol. The molecule has 8 heteroatoms. The van der Waals surface area contributed by atoms with Gasteiger partial charge < -0.3 is 14.8 Å². The van der Waals surface area contributed by atoms with Crippen LogP contribution < -0.4 is 14.8 Å². The Hall–Kier alpha value is -2.32. The molecule has 29 heavy (non-hydrogen) atoms. The van der Waals surface area contributed by atoms with Crippen molar-refractivity contribution in [3.8, 4) is 11.5 Å². The number of fused-ring (bicyclic) bond motifs is 2. The van der Waals surface area contributed by atoms with Crippen molar-refractivity contribution < 1.29 is 14.3 Å². The molecule has 1 fully saturated rings. The minimum Gasteiger partial charge on any atom is -0.454 e. The van der Waals surface area contributed by atoms with Crippen LogP contribution in [0.25, 0.3) is 10.2 Å². The molecule has 0 unspecified atom stereocenters. The summed E-state index contributed by atoms with van der Waals surface area (Å²) < 4.78 is 10.7. The molecule has 2 aromatic heterocycles. The summed E-state index contributed by atoms with van der Waals surface area (Å²) >= 11 is 3.22. The number of carbonyl (C=O) groups is 1. The summed E-state index contributed by atoms with van der Waals surface area (Å²) in [6, 6.07) is 5.72. The molecule has 0 radical (unpaired) electrons. The number of thioether (sulfide) groups is 1. The topological polar surface area (TPSA) is 73.3 Å². The number of thiophene rings is 1. The van der Waals surface area contributed by atoms with Crippen molar-refractivity contribution in [3.63, 3.8) is 0 Å². The fourth-order valence-electron chi connectivity index (χ4n) is 3.29. The SMILES string of the molecule is Cc1sc2nc(C3CC3)nc(SCC(=O)NCc3ccc4c(c3)OCO4)c2c1C. The second-order valence-electron chi connectivity index (χ2n) is 7.38. The lowest BCUT2D eigenvalue weighted by atomic mass is 10.2. The van der Waals surface area contributed by atoms with Crippen LogP contribution in [0, 0.1) is 13.8 Å². The Morgan fingerprint density at radius 2 is 2.07 bits per heavy atom. The van der Waals surface area contributed by atoms with Crippen LogP contribution in [-0.4, -0.2) is 28.4 Å². The van der Waals surface area contributed by atoms with E-state index >= 15 is 0 Å². The molecule has 3 aromatic rings. The first-order chi connectivity index (χ1) is 14.1. The first kappa shape index (κ1) is 18.7. The maximum absolute atomic E-state index is 12.5. The van der Waals surface area contributed by atoms with Crippen LogP contribution in [0.3, 0.4) is 0 Å². The predicted molar refractivity (Wildman–Crippen MR) is 114 cm³/mol. The van der Waals surface area contributed by atoms with Gasteiger partial charge in [0.2, 0.25) is 12.7 Å². The first-order valence-electron chi connectivity index (χ1n) is 9.64. The van der Waals surface area contributed by atoms with E-state index in [-0.39, 0.29) is 12.7 Å². The summed E-state index contributed by atoms with van der Waals surface area (Å²) in [5.41, 5.74) is 2.20. The van der Waals surface area contributed by atoms with Gasteiger partial charge in [-0.2, -0.15) is 0 Å². The molecular weight excluding hydrogens is 406 g/mol. The van der Waals surface area contributed by atoms with Crippen LogP contribution in [0.2, 0.25) is 0 Å². The van der Waals surface area contributed by atoms with Gasteiger partial charge in [0, 0.05) is 22.7 Å². The molecule has 1 saturated carbocycles. The number of aromatic nitrogens is 2. The van der Waals surface area contributed by atoms with E-state index in [0.717, 1.165) is 51.0 Å². The third-order valence-electron chi connectivity index (χ3n) is 5.22. The number of carbonyl (C=O) groups excluding carboxylic acids is 1. The third-order valence-corrected chi connectivity index (χ3v) is 7.30. The highest BCUT2D eigenvalue weighted by atomic mass is 32.2. The highest BCUT2D eigenvalue weighted by Gasteiger charge is 2.28. The number of aryl methyl sites for hydroxylation is 2. The lowest BCUT2D eigenvalue weighted by molar-refractivity contribution is -0.118. The zero-order valence-electron chi connectivity index (χ0n) is 16.3. The highest BCUT2D eigenvalue weighted by Crippen LogP contribution is 2.42. The molecule has 1 amide bonds. The van der Waals surface area contributed by atoms with E-state index in [1.54, 1.807) is 11.3 Å². The van der Waals surface area contributed by atoms with E-state index in [9.17, 15) is 4.79 Å². The van der Waals surface area contributed by atoms with E-state index in [4.69, 9.17) is 19.4 Å². The number of nitrogens with zero attached hydrogens (tertiary/aromatic N) is 2. The zero-order valence-corrected chi connectivity index (χ0v) is 17.9. The van der Waals surface area contributed by atoms with Crippen LogP contribution >= 0.6 is 23.1 Å². The molecule has 0 bridgehead atoms. The molecule has 1 aliphatic heterocycles. The normalized spacial score (nSPS) is 15.1. The Labute approximate surface area is 177 Å². The number of ether oxygens (including phenoxy) is 2. The number of rotatable bonds is 6. The van der Waals surface area contributed by atoms with Crippen molar-refractivity contribution in [1.29, 1.82) is 0 Å². The molecule has 1 aromatic carbocycles. The van der Waals surface area contributed by atoms with Gasteiger partial charge >= 0.3 is 0 Å². The Morgan fingerprint density at radius 3 is 2.90 bits per heavy atom. The van der Waals surface area contributed by atoms with Gasteiger partial charge in [0.25, 0.3) is 0 Å². The minimum absolute atomic E-state index is 0.0167. The zero-order chi connectivity index (χ0) is 20.0. The van der Waals surface area contributed by atoms with E-state index < -0.39 is 0 Å². The van der Waals surface area contributed by atoms with Gasteiger partial charge in [-0.05, 0) is 49.9 Å². The number of amides is 1. The lowest BCUT2D eigenvalue weighted by Gasteiger charge is -2.08. The number of benzene rings is 1. The van der Waals surface area contributed by atoms with Crippen molar-refractivity contribution in [3.05, 3.63) is 40.0 Å². The average Bonchev–Trinajstić information content (AvgIpc) is 3.40. The van der Waals surface area contributed by atoms with Crippen molar-refractivity contribution in [2.45, 2.75) is 44.2 Å². The van der Waals surface area contributed by atoms with Gasteiger partial charge in [0.05, 0.1) is 5.75 Å². The maximum atomic E-state index is 12.5. The van der Waals surface area contributed by atoms with Crippen molar-refractivity contribution in [2.24, 2.45) is 0 Å². The van der Waals surface area contributed by atoms with Crippen LogP contribution in [0.5, 0.6) is 11.5 Å². The van der Waals surface area contributed by atoms with Gasteiger partial charge in [-0.25, -0.2) is 9.97 Å². The molecule has 1 aliphatic carbocycles. The molecule has 0 saturated heterocycles. The second-order valence-corrected chi connectivity index (χ2v) is 9.54. The Balaban J connectivity index is 1.27. The van der Waals surface area contributed by atoms with Crippen molar-refractivity contribution >= 4 is 39.2 Å². The Morgan fingerprint density at radius 1 is 1.24 bits per heavy atom. The number of hydrogen-bond donors (Lipinski definition) is 1. The van der Waals surface area contributed by atoms with E-state index in [1.165, 1.54) is 22.2 Å². The molecular formula is C21H21N3O3S2. The van der Waals surface area contributed by atoms with Crippen LogP contribution in [0.1, 0.15) is 40.6 Å². The Bertz CT molecular complexity index is 1110. The number of hydrogen-bond acceptors (Lipinski definition) is 7. The van der Waals surface area contributed by atoms with E-state index in [1.807, 2.05) is 18.2 Å². The third kappa shape index (κ3) is 3.79. The van der Waals surface area contributed by atoms with Crippen LogP contribution in [0.4, 0.5) is 0 Å². The Kier molecular flexibility index (Phi) is 4.83. The lowest BCUT2D eigenvalue weighted by Crippen LogP contribution is -2.24. The number of nitrogens with one attached hydrogen (secondary N) is 1. The van der Waals surface area contributed by atoms with Crippen molar-refractivity contribution in [2.75, 3.05) is 12.5 Å². The van der Waals surface area contributed by atoms with Gasteiger partial charge in [0.1, 0.15) is 15.7 Å². The molecule has 3 heterocycles. The minimum atomic E-state index is -0.0167. The molecule has 1 N–H and O–H groups in total. The monoisotopic (exact) mass is 427 g/mol. The highest BCUT2D eigenvalue weighted by molar-refractivity contribution is 8.00. The molecule has 5 rings (SSSR count). The van der Waals surface area contributed by atoms with Gasteiger partial charge in [0.15, 0.2) is 11.5 Å². The van der Waals surface area contributed by atoms with Gasteiger partial charge in [-0.15, -0.1) is 11.3 Å². The fourth-order valence-corrected chi connectivity index (χ4v) is 5.32. The quantitative estimate of drug-likeness (QED) is 0.466. The first-order valence-corrected chi connectivity index (χ1v) is 11.4. The van der Waals surface area contributed by atoms with Crippen molar-refractivity contribution in [1.82, 2.24) is 15.3 Å². The molecule has 150 valence electrons. The molecule has 0 spiro atoms. The maximum Gasteiger partial charge on any atom is 0.231 e. The van der Waals surface area contributed by atoms with E-state index in [0.29, 0.717) is 18.2 Å². The smallest absolute Gasteiger partial charge is 0.231 e. The molecule has 6 nitrogen and oxygen atoms in total. The largest absolute Gasteiger partial charge is 0.454 e.